The smallest absolute Gasteiger partial charge is 0.325 e. The van der Waals surface area contributed by atoms with E-state index in [1.54, 1.807) is 42.7 Å². The molecule has 2 heterocycles. The summed E-state index contributed by atoms with van der Waals surface area (Å²) in [5, 5.41) is 3.88. The Kier molecular flexibility index (Phi) is 5.16. The summed E-state index contributed by atoms with van der Waals surface area (Å²) in [6, 6.07) is 8.65. The van der Waals surface area contributed by atoms with Crippen LogP contribution >= 0.6 is 22.9 Å². The molecule has 8 heteroatoms. The van der Waals surface area contributed by atoms with E-state index >= 15 is 0 Å². The molecule has 2 aromatic heterocycles. The van der Waals surface area contributed by atoms with Crippen LogP contribution in [0.3, 0.4) is 0 Å². The van der Waals surface area contributed by atoms with Crippen molar-refractivity contribution in [3.8, 4) is 11.5 Å². The van der Waals surface area contributed by atoms with Gasteiger partial charge in [0.05, 0.1) is 22.9 Å². The number of thiophene rings is 1. The summed E-state index contributed by atoms with van der Waals surface area (Å²) in [5.74, 6) is 0.275. The maximum Gasteiger partial charge on any atom is 0.325 e. The Morgan fingerprint density at radius 2 is 2.00 bits per heavy atom. The van der Waals surface area contributed by atoms with Crippen molar-refractivity contribution in [2.75, 3.05) is 13.7 Å². The van der Waals surface area contributed by atoms with Crippen molar-refractivity contribution in [1.82, 2.24) is 10.3 Å². The van der Waals surface area contributed by atoms with E-state index in [1.807, 2.05) is 0 Å². The third kappa shape index (κ3) is 4.07. The van der Waals surface area contributed by atoms with Crippen molar-refractivity contribution >= 4 is 44.9 Å². The number of nitrogens with one attached hydrogen (secondary N) is 1. The maximum absolute atomic E-state index is 12.2. The number of carbonyl (C=O) groups excluding carboxylic acids is 2. The minimum absolute atomic E-state index is 0.185. The number of ether oxygens (including phenoxy) is 2. The molecule has 0 saturated carbocycles. The molecule has 6 nitrogen and oxygen atoms in total. The molecule has 1 amide bonds. The molecular formula is C17H13ClN2O4S. The Balaban J connectivity index is 1.84. The standard InChI is InChI=1S/C17H13ClN2O4S/c1-23-16(21)9-20-17(22)14-6-12-13(7-19-8-15(12)25-14)24-11-4-2-10(18)3-5-11/h2-8H,9H2,1H3,(H,20,22). The number of aromatic nitrogens is 1. The van der Waals surface area contributed by atoms with Gasteiger partial charge in [0.25, 0.3) is 5.91 Å². The fourth-order valence-corrected chi connectivity index (χ4v) is 3.16. The lowest BCUT2D eigenvalue weighted by Gasteiger charge is -2.06. The molecule has 0 radical (unpaired) electrons. The van der Waals surface area contributed by atoms with Crippen LogP contribution in [-0.2, 0) is 9.53 Å². The number of methoxy groups -OCH3 is 1. The molecular weight excluding hydrogens is 364 g/mol. The molecule has 0 unspecified atom stereocenters. The molecule has 0 spiro atoms. The van der Waals surface area contributed by atoms with Crippen LogP contribution in [-0.4, -0.2) is 30.5 Å². The molecule has 128 valence electrons. The average molecular weight is 377 g/mol. The molecule has 1 aromatic carbocycles. The van der Waals surface area contributed by atoms with Gasteiger partial charge >= 0.3 is 5.97 Å². The minimum Gasteiger partial charge on any atom is -0.468 e. The lowest BCUT2D eigenvalue weighted by atomic mass is 10.2. The van der Waals surface area contributed by atoms with Gasteiger partial charge in [-0.05, 0) is 30.3 Å². The van der Waals surface area contributed by atoms with Crippen LogP contribution in [0.5, 0.6) is 11.5 Å². The number of hydrogen-bond donors (Lipinski definition) is 1. The molecule has 1 N–H and O–H groups in total. The lowest BCUT2D eigenvalue weighted by molar-refractivity contribution is -0.139. The number of rotatable bonds is 5. The number of benzene rings is 1. The summed E-state index contributed by atoms with van der Waals surface area (Å²) >= 11 is 7.13. The highest BCUT2D eigenvalue weighted by Gasteiger charge is 2.15. The average Bonchev–Trinajstić information content (AvgIpc) is 3.06. The van der Waals surface area contributed by atoms with E-state index in [0.717, 1.165) is 10.1 Å². The third-order valence-corrected chi connectivity index (χ3v) is 4.62. The monoisotopic (exact) mass is 376 g/mol. The van der Waals surface area contributed by atoms with Gasteiger partial charge in [-0.3, -0.25) is 14.6 Å². The number of fused-ring (bicyclic) bond motifs is 1. The Hall–Kier alpha value is -2.64. The highest BCUT2D eigenvalue weighted by atomic mass is 35.5. The lowest BCUT2D eigenvalue weighted by Crippen LogP contribution is -2.29. The van der Waals surface area contributed by atoms with Crippen LogP contribution in [0.25, 0.3) is 10.1 Å². The van der Waals surface area contributed by atoms with Crippen LogP contribution in [0.4, 0.5) is 0 Å². The number of nitrogens with zero attached hydrogens (tertiary/aromatic N) is 1. The van der Waals surface area contributed by atoms with E-state index in [0.29, 0.717) is 21.4 Å². The van der Waals surface area contributed by atoms with E-state index in [9.17, 15) is 9.59 Å². The van der Waals surface area contributed by atoms with Gasteiger partial charge in [0, 0.05) is 16.6 Å². The molecule has 0 aliphatic carbocycles. The van der Waals surface area contributed by atoms with Gasteiger partial charge in [-0.1, -0.05) is 11.6 Å². The zero-order valence-corrected chi connectivity index (χ0v) is 14.7. The fourth-order valence-electron chi connectivity index (χ4n) is 2.07. The first kappa shape index (κ1) is 17.2. The number of pyridine rings is 1. The molecule has 25 heavy (non-hydrogen) atoms. The van der Waals surface area contributed by atoms with Crippen LogP contribution in [0.15, 0.2) is 42.7 Å². The summed E-state index contributed by atoms with van der Waals surface area (Å²) in [4.78, 5) is 27.9. The second-order valence-electron chi connectivity index (χ2n) is 4.97. The SMILES string of the molecule is COC(=O)CNC(=O)c1cc2c(Oc3ccc(Cl)cc3)cncc2s1. The Morgan fingerprint density at radius 3 is 2.72 bits per heavy atom. The largest absolute Gasteiger partial charge is 0.468 e. The molecule has 0 aliphatic heterocycles. The van der Waals surface area contributed by atoms with Gasteiger partial charge in [-0.2, -0.15) is 0 Å². The normalized spacial score (nSPS) is 10.5. The van der Waals surface area contributed by atoms with E-state index < -0.39 is 5.97 Å². The summed E-state index contributed by atoms with van der Waals surface area (Å²) in [6.07, 6.45) is 3.24. The summed E-state index contributed by atoms with van der Waals surface area (Å²) in [6.45, 7) is -0.185. The van der Waals surface area contributed by atoms with Crippen LogP contribution in [0.2, 0.25) is 5.02 Å². The molecule has 0 atom stereocenters. The first-order chi connectivity index (χ1) is 12.1. The molecule has 0 saturated heterocycles. The van der Waals surface area contributed by atoms with Crippen molar-refractivity contribution in [3.63, 3.8) is 0 Å². The van der Waals surface area contributed by atoms with Crippen molar-refractivity contribution < 1.29 is 19.1 Å². The molecule has 3 rings (SSSR count). The Labute approximate surface area is 152 Å². The minimum atomic E-state index is -0.511. The number of halogens is 1. The number of hydrogen-bond acceptors (Lipinski definition) is 6. The second kappa shape index (κ2) is 7.50. The molecule has 0 fully saturated rings. The van der Waals surface area contributed by atoms with Crippen molar-refractivity contribution in [3.05, 3.63) is 52.6 Å². The number of carbonyl (C=O) groups is 2. The fraction of sp³-hybridized carbons (Fsp3) is 0.118. The number of esters is 1. The van der Waals surface area contributed by atoms with Gasteiger partial charge in [0.2, 0.25) is 0 Å². The summed E-state index contributed by atoms with van der Waals surface area (Å²) in [5.41, 5.74) is 0. The van der Waals surface area contributed by atoms with Gasteiger partial charge in [-0.25, -0.2) is 0 Å². The quantitative estimate of drug-likeness (QED) is 0.688. The molecule has 0 bridgehead atoms. The third-order valence-electron chi connectivity index (χ3n) is 3.30. The summed E-state index contributed by atoms with van der Waals surface area (Å²) in [7, 11) is 1.26. The zero-order chi connectivity index (χ0) is 17.8. The van der Waals surface area contributed by atoms with Crippen molar-refractivity contribution in [1.29, 1.82) is 0 Å². The Morgan fingerprint density at radius 1 is 1.24 bits per heavy atom. The zero-order valence-electron chi connectivity index (χ0n) is 13.1. The van der Waals surface area contributed by atoms with Crippen LogP contribution in [0, 0.1) is 0 Å². The predicted molar refractivity (Wildman–Crippen MR) is 95.5 cm³/mol. The topological polar surface area (TPSA) is 77.5 Å². The van der Waals surface area contributed by atoms with Crippen molar-refractivity contribution in [2.45, 2.75) is 0 Å². The predicted octanol–water partition coefficient (Wildman–Crippen LogP) is 3.64. The van der Waals surface area contributed by atoms with Gasteiger partial charge < -0.3 is 14.8 Å². The first-order valence-corrected chi connectivity index (χ1v) is 8.42. The van der Waals surface area contributed by atoms with Crippen LogP contribution in [0.1, 0.15) is 9.67 Å². The first-order valence-electron chi connectivity index (χ1n) is 7.23. The van der Waals surface area contributed by atoms with E-state index in [2.05, 4.69) is 15.0 Å². The van der Waals surface area contributed by atoms with E-state index in [-0.39, 0.29) is 12.5 Å². The highest BCUT2D eigenvalue weighted by molar-refractivity contribution is 7.20. The van der Waals surface area contributed by atoms with Gasteiger partial charge in [-0.15, -0.1) is 11.3 Å². The van der Waals surface area contributed by atoms with E-state index in [1.165, 1.54) is 18.4 Å². The highest BCUT2D eigenvalue weighted by Crippen LogP contribution is 2.34. The van der Waals surface area contributed by atoms with E-state index in [4.69, 9.17) is 16.3 Å². The maximum atomic E-state index is 12.2. The van der Waals surface area contributed by atoms with Crippen LogP contribution < -0.4 is 10.1 Å². The van der Waals surface area contributed by atoms with Gasteiger partial charge in [0.15, 0.2) is 5.75 Å². The second-order valence-corrected chi connectivity index (χ2v) is 6.50. The Bertz CT molecular complexity index is 924. The van der Waals surface area contributed by atoms with Gasteiger partial charge in [0.1, 0.15) is 12.3 Å². The number of amides is 1. The van der Waals surface area contributed by atoms with Crippen molar-refractivity contribution in [2.24, 2.45) is 0 Å². The molecule has 0 aliphatic rings. The molecule has 3 aromatic rings. The summed E-state index contributed by atoms with van der Waals surface area (Å²) < 4.78 is 11.1.